The summed E-state index contributed by atoms with van der Waals surface area (Å²) >= 11 is 1.12. The maximum Gasteiger partial charge on any atom is 0.182 e. The second-order valence-electron chi connectivity index (χ2n) is 3.17. The highest BCUT2D eigenvalue weighted by atomic mass is 32.1. The Kier molecular flexibility index (Phi) is 2.55. The summed E-state index contributed by atoms with van der Waals surface area (Å²) < 4.78 is 5.29. The van der Waals surface area contributed by atoms with Gasteiger partial charge in [0.1, 0.15) is 4.88 Å². The van der Waals surface area contributed by atoms with Crippen LogP contribution in [0.25, 0.3) is 0 Å². The summed E-state index contributed by atoms with van der Waals surface area (Å²) in [5.74, 6) is -0.0111. The average molecular weight is 223 g/mol. The molecule has 0 aromatic carbocycles. The van der Waals surface area contributed by atoms with Crippen molar-refractivity contribution >= 4 is 17.3 Å². The third kappa shape index (κ3) is 2.07. The Morgan fingerprint density at radius 3 is 2.87 bits per heavy atom. The summed E-state index contributed by atoms with van der Waals surface area (Å²) in [6.07, 6.45) is 1.97. The van der Waals surface area contributed by atoms with E-state index in [2.05, 4.69) is 19.9 Å². The average Bonchev–Trinajstić information content (AvgIpc) is 2.75. The predicted octanol–water partition coefficient (Wildman–Crippen LogP) is 0.400. The van der Waals surface area contributed by atoms with Crippen LogP contribution in [-0.2, 0) is 13.5 Å². The normalized spacial score (nSPS) is 10.5. The van der Waals surface area contributed by atoms with E-state index in [4.69, 9.17) is 0 Å². The molecule has 0 amide bonds. The lowest BCUT2D eigenvalue weighted by Crippen LogP contribution is -2.03. The Bertz CT molecular complexity index is 489. The van der Waals surface area contributed by atoms with Crippen LogP contribution >= 0.6 is 11.5 Å². The van der Waals surface area contributed by atoms with Crippen molar-refractivity contribution in [3.8, 4) is 0 Å². The smallest absolute Gasteiger partial charge is 0.182 e. The van der Waals surface area contributed by atoms with Crippen molar-refractivity contribution < 1.29 is 4.79 Å². The van der Waals surface area contributed by atoms with Gasteiger partial charge in [-0.25, -0.2) is 0 Å². The van der Waals surface area contributed by atoms with Gasteiger partial charge < -0.3 is 0 Å². The van der Waals surface area contributed by atoms with Crippen molar-refractivity contribution in [1.82, 2.24) is 24.6 Å². The second kappa shape index (κ2) is 3.85. The zero-order chi connectivity index (χ0) is 10.8. The molecule has 0 aliphatic carbocycles. The monoisotopic (exact) mass is 223 g/mol. The van der Waals surface area contributed by atoms with Gasteiger partial charge in [-0.15, -0.1) is 10.2 Å². The fourth-order valence-electron chi connectivity index (χ4n) is 1.21. The molecule has 0 spiro atoms. The van der Waals surface area contributed by atoms with Gasteiger partial charge in [0.25, 0.3) is 0 Å². The van der Waals surface area contributed by atoms with Gasteiger partial charge in [0.05, 0.1) is 17.8 Å². The highest BCUT2D eigenvalue weighted by Crippen LogP contribution is 2.12. The molecule has 0 atom stereocenters. The van der Waals surface area contributed by atoms with E-state index in [0.717, 1.165) is 11.5 Å². The summed E-state index contributed by atoms with van der Waals surface area (Å²) in [5, 5.41) is 11.4. The van der Waals surface area contributed by atoms with E-state index in [0.29, 0.717) is 16.3 Å². The highest BCUT2D eigenvalue weighted by Gasteiger charge is 2.15. The quantitative estimate of drug-likeness (QED) is 0.704. The molecule has 0 radical (unpaired) electrons. The third-order valence-corrected chi connectivity index (χ3v) is 2.77. The van der Waals surface area contributed by atoms with Crippen molar-refractivity contribution in [2.45, 2.75) is 13.3 Å². The van der Waals surface area contributed by atoms with Crippen LogP contribution in [0.4, 0.5) is 0 Å². The maximum absolute atomic E-state index is 11.8. The van der Waals surface area contributed by atoms with Crippen molar-refractivity contribution in [3.63, 3.8) is 0 Å². The largest absolute Gasteiger partial charge is 0.293 e. The molecular weight excluding hydrogens is 214 g/mol. The summed E-state index contributed by atoms with van der Waals surface area (Å²) in [7, 11) is 1.76. The van der Waals surface area contributed by atoms with Crippen molar-refractivity contribution in [2.24, 2.45) is 7.05 Å². The van der Waals surface area contributed by atoms with Crippen LogP contribution < -0.4 is 0 Å². The van der Waals surface area contributed by atoms with E-state index in [-0.39, 0.29) is 12.2 Å². The molecule has 0 N–H and O–H groups in total. The molecule has 0 fully saturated rings. The molecule has 0 aliphatic heterocycles. The molecule has 0 saturated carbocycles. The van der Waals surface area contributed by atoms with Gasteiger partial charge in [-0.05, 0) is 18.5 Å². The minimum absolute atomic E-state index is 0.0111. The molecule has 15 heavy (non-hydrogen) atoms. The van der Waals surface area contributed by atoms with Gasteiger partial charge >= 0.3 is 0 Å². The van der Waals surface area contributed by atoms with Gasteiger partial charge in [-0.3, -0.25) is 9.48 Å². The first-order valence-corrected chi connectivity index (χ1v) is 5.11. The minimum Gasteiger partial charge on any atom is -0.293 e. The van der Waals surface area contributed by atoms with Crippen LogP contribution in [0.1, 0.15) is 21.1 Å². The van der Waals surface area contributed by atoms with E-state index >= 15 is 0 Å². The van der Waals surface area contributed by atoms with E-state index in [1.54, 1.807) is 24.9 Å². The Balaban J connectivity index is 2.14. The van der Waals surface area contributed by atoms with Crippen molar-refractivity contribution in [2.75, 3.05) is 0 Å². The van der Waals surface area contributed by atoms with Crippen molar-refractivity contribution in [1.29, 1.82) is 0 Å². The number of ketones is 1. The van der Waals surface area contributed by atoms with Crippen LogP contribution in [0, 0.1) is 6.92 Å². The fraction of sp³-hybridized carbons (Fsp3) is 0.375. The van der Waals surface area contributed by atoms with Crippen LogP contribution in [0.5, 0.6) is 0 Å². The summed E-state index contributed by atoms with van der Waals surface area (Å²) in [6, 6.07) is 0. The summed E-state index contributed by atoms with van der Waals surface area (Å²) in [6.45, 7) is 1.77. The number of aryl methyl sites for hydroxylation is 2. The Morgan fingerprint density at radius 1 is 1.53 bits per heavy atom. The van der Waals surface area contributed by atoms with Crippen LogP contribution in [0.3, 0.4) is 0 Å². The topological polar surface area (TPSA) is 73.6 Å². The van der Waals surface area contributed by atoms with Gasteiger partial charge in [-0.2, -0.15) is 0 Å². The molecular formula is C8H9N5OS. The van der Waals surface area contributed by atoms with E-state index < -0.39 is 0 Å². The second-order valence-corrected chi connectivity index (χ2v) is 3.93. The lowest BCUT2D eigenvalue weighted by atomic mass is 10.2. The van der Waals surface area contributed by atoms with Crippen molar-refractivity contribution in [3.05, 3.63) is 22.5 Å². The summed E-state index contributed by atoms with van der Waals surface area (Å²) in [4.78, 5) is 12.4. The first-order valence-electron chi connectivity index (χ1n) is 4.34. The lowest BCUT2D eigenvalue weighted by Gasteiger charge is -1.93. The third-order valence-electron chi connectivity index (χ3n) is 1.90. The first-order chi connectivity index (χ1) is 7.16. The zero-order valence-electron chi connectivity index (χ0n) is 8.34. The molecule has 6 nitrogen and oxygen atoms in total. The number of Topliss-reactive ketones (excluding diaryl/α,β-unsaturated/α-hetero) is 1. The summed E-state index contributed by atoms with van der Waals surface area (Å²) in [5.41, 5.74) is 1.34. The maximum atomic E-state index is 11.8. The molecule has 0 aliphatic rings. The zero-order valence-corrected chi connectivity index (χ0v) is 9.15. The predicted molar refractivity (Wildman–Crippen MR) is 53.7 cm³/mol. The van der Waals surface area contributed by atoms with Crippen LogP contribution in [0.15, 0.2) is 6.20 Å². The number of carbonyl (C=O) groups is 1. The number of hydrogen-bond acceptors (Lipinski definition) is 6. The minimum atomic E-state index is -0.0111. The molecule has 78 valence electrons. The van der Waals surface area contributed by atoms with E-state index in [1.807, 2.05) is 0 Å². The molecule has 2 rings (SSSR count). The molecule has 0 unspecified atom stereocenters. The van der Waals surface area contributed by atoms with Gasteiger partial charge in [0.2, 0.25) is 0 Å². The van der Waals surface area contributed by atoms with Gasteiger partial charge in [0, 0.05) is 13.2 Å². The standard InChI is InChI=1S/C8H9N5OS/c1-5-8(15-12-9-5)7(14)3-6-4-13(2)11-10-6/h4H,3H2,1-2H3. The van der Waals surface area contributed by atoms with E-state index in [9.17, 15) is 4.79 Å². The SMILES string of the molecule is Cc1nnsc1C(=O)Cc1cn(C)nn1. The van der Waals surface area contributed by atoms with Crippen LogP contribution in [0.2, 0.25) is 0 Å². The molecule has 2 aromatic heterocycles. The number of nitrogens with zero attached hydrogens (tertiary/aromatic N) is 5. The number of aromatic nitrogens is 5. The number of hydrogen-bond donors (Lipinski definition) is 0. The highest BCUT2D eigenvalue weighted by molar-refractivity contribution is 7.08. The first kappa shape index (κ1) is 9.91. The van der Waals surface area contributed by atoms with Gasteiger partial charge in [-0.1, -0.05) is 9.70 Å². The van der Waals surface area contributed by atoms with E-state index in [1.165, 1.54) is 0 Å². The van der Waals surface area contributed by atoms with Gasteiger partial charge in [0.15, 0.2) is 5.78 Å². The fourth-order valence-corrected chi connectivity index (χ4v) is 1.80. The Morgan fingerprint density at radius 2 is 2.33 bits per heavy atom. The number of rotatable bonds is 3. The number of carbonyl (C=O) groups excluding carboxylic acids is 1. The molecule has 2 heterocycles. The molecule has 0 saturated heterocycles. The van der Waals surface area contributed by atoms with Crippen LogP contribution in [-0.4, -0.2) is 30.4 Å². The Labute approximate surface area is 90.1 Å². The molecule has 0 bridgehead atoms. The lowest BCUT2D eigenvalue weighted by molar-refractivity contribution is 0.0995. The molecule has 2 aromatic rings. The Hall–Kier alpha value is -1.63. The molecule has 7 heteroatoms.